The van der Waals surface area contributed by atoms with Gasteiger partial charge in [0, 0.05) is 12.4 Å². The number of hydrogen-bond donors (Lipinski definition) is 3. The molecular weight excluding hydrogens is 274 g/mol. The zero-order chi connectivity index (χ0) is 15.6. The third-order valence-electron chi connectivity index (χ3n) is 3.02. The van der Waals surface area contributed by atoms with Crippen LogP contribution < -0.4 is 5.32 Å². The Labute approximate surface area is 120 Å². The number of nitrogens with zero attached hydrogens (tertiary/aromatic N) is 2. The lowest BCUT2D eigenvalue weighted by atomic mass is 9.97. The lowest BCUT2D eigenvalue weighted by molar-refractivity contribution is -0.135. The third kappa shape index (κ3) is 2.91. The average Bonchev–Trinajstić information content (AvgIpc) is 2.43. The van der Waals surface area contributed by atoms with Gasteiger partial charge in [0.05, 0.1) is 5.52 Å². The molecular formula is C14H15N3O4. The largest absolute Gasteiger partial charge is 0.507 e. The maximum Gasteiger partial charge on any atom is 0.322 e. The third-order valence-corrected chi connectivity index (χ3v) is 3.02. The van der Waals surface area contributed by atoms with Crippen molar-refractivity contribution in [3.05, 3.63) is 29.6 Å². The molecule has 1 heterocycles. The van der Waals surface area contributed by atoms with Gasteiger partial charge in [-0.3, -0.25) is 19.6 Å². The van der Waals surface area contributed by atoms with Gasteiger partial charge in [0.25, 0.3) is 5.91 Å². The number of carbonyl (C=O) groups is 2. The number of aromatic hydroxyl groups is 1. The molecule has 0 bridgehead atoms. The van der Waals surface area contributed by atoms with Crippen LogP contribution in [0.2, 0.25) is 0 Å². The smallest absolute Gasteiger partial charge is 0.322 e. The van der Waals surface area contributed by atoms with Crippen molar-refractivity contribution in [2.45, 2.75) is 19.8 Å². The molecule has 0 saturated carbocycles. The molecule has 2 rings (SSSR count). The lowest BCUT2D eigenvalue weighted by Crippen LogP contribution is -2.29. The number of fused-ring (bicyclic) bond motifs is 1. The van der Waals surface area contributed by atoms with Crippen LogP contribution in [-0.2, 0) is 4.79 Å². The molecule has 2 aromatic rings. The summed E-state index contributed by atoms with van der Waals surface area (Å²) in [5.41, 5.74) is 1.22. The van der Waals surface area contributed by atoms with Crippen LogP contribution in [0.5, 0.6) is 5.75 Å². The number of phenols is 1. The fourth-order valence-corrected chi connectivity index (χ4v) is 2.02. The fourth-order valence-electron chi connectivity index (χ4n) is 2.02. The highest BCUT2D eigenvalue weighted by Crippen LogP contribution is 2.33. The summed E-state index contributed by atoms with van der Waals surface area (Å²) in [4.78, 5) is 30.9. The van der Waals surface area contributed by atoms with E-state index in [9.17, 15) is 14.7 Å². The van der Waals surface area contributed by atoms with Gasteiger partial charge in [-0.1, -0.05) is 13.8 Å². The van der Waals surface area contributed by atoms with Gasteiger partial charge >= 0.3 is 5.97 Å². The number of carboxylic acid groups (broad SMARTS) is 1. The van der Waals surface area contributed by atoms with Gasteiger partial charge in [-0.25, -0.2) is 0 Å². The second kappa shape index (κ2) is 5.74. The van der Waals surface area contributed by atoms with Crippen LogP contribution in [0.3, 0.4) is 0 Å². The average molecular weight is 289 g/mol. The molecule has 3 N–H and O–H groups in total. The molecule has 0 radical (unpaired) electrons. The number of carboxylic acids is 1. The van der Waals surface area contributed by atoms with Gasteiger partial charge < -0.3 is 15.5 Å². The molecule has 1 aromatic heterocycles. The molecule has 0 unspecified atom stereocenters. The molecule has 0 saturated heterocycles. The Bertz CT molecular complexity index is 713. The predicted octanol–water partition coefficient (Wildman–Crippen LogP) is 1.27. The zero-order valence-electron chi connectivity index (χ0n) is 11.6. The summed E-state index contributed by atoms with van der Waals surface area (Å²) in [6.45, 7) is 3.21. The summed E-state index contributed by atoms with van der Waals surface area (Å²) in [5.74, 6) is -2.08. The van der Waals surface area contributed by atoms with E-state index in [0.29, 0.717) is 11.1 Å². The number of rotatable bonds is 4. The van der Waals surface area contributed by atoms with Crippen LogP contribution in [0.25, 0.3) is 11.0 Å². The van der Waals surface area contributed by atoms with E-state index in [4.69, 9.17) is 5.11 Å². The fraction of sp³-hybridized carbons (Fsp3) is 0.286. The summed E-state index contributed by atoms with van der Waals surface area (Å²) < 4.78 is 0. The first kappa shape index (κ1) is 14.7. The number of benzene rings is 1. The van der Waals surface area contributed by atoms with Crippen LogP contribution >= 0.6 is 0 Å². The van der Waals surface area contributed by atoms with E-state index in [2.05, 4.69) is 15.3 Å². The number of nitrogens with one attached hydrogen (secondary N) is 1. The maximum atomic E-state index is 12.2. The Morgan fingerprint density at radius 2 is 1.95 bits per heavy atom. The summed E-state index contributed by atoms with van der Waals surface area (Å²) >= 11 is 0. The number of aromatic nitrogens is 2. The Morgan fingerprint density at radius 3 is 2.57 bits per heavy atom. The van der Waals surface area contributed by atoms with Crippen LogP contribution in [0.4, 0.5) is 0 Å². The first-order chi connectivity index (χ1) is 9.91. The minimum atomic E-state index is -1.17. The molecule has 110 valence electrons. The monoisotopic (exact) mass is 289 g/mol. The van der Waals surface area contributed by atoms with Crippen molar-refractivity contribution in [2.75, 3.05) is 6.54 Å². The van der Waals surface area contributed by atoms with Crippen molar-refractivity contribution in [1.29, 1.82) is 0 Å². The number of carbonyl (C=O) groups excluding carboxylic acids is 1. The van der Waals surface area contributed by atoms with Gasteiger partial charge in [0.1, 0.15) is 23.4 Å². The number of aliphatic carboxylic acids is 1. The molecule has 1 amide bonds. The van der Waals surface area contributed by atoms with Gasteiger partial charge in [-0.15, -0.1) is 0 Å². The second-order valence-electron chi connectivity index (χ2n) is 4.84. The predicted molar refractivity (Wildman–Crippen MR) is 75.3 cm³/mol. The maximum absolute atomic E-state index is 12.2. The standard InChI is InChI=1S/C14H15N3O4/c1-7(2)8-5-9-12(16-4-3-15-9)11(13(8)20)14(21)17-6-10(18)19/h3-5,7,20H,6H2,1-2H3,(H,17,21)(H,18,19). The van der Waals surface area contributed by atoms with E-state index in [1.165, 1.54) is 12.4 Å². The van der Waals surface area contributed by atoms with Gasteiger partial charge in [0.15, 0.2) is 0 Å². The molecule has 0 spiro atoms. The molecule has 21 heavy (non-hydrogen) atoms. The van der Waals surface area contributed by atoms with Crippen molar-refractivity contribution >= 4 is 22.9 Å². The second-order valence-corrected chi connectivity index (χ2v) is 4.84. The van der Waals surface area contributed by atoms with Gasteiger partial charge in [-0.2, -0.15) is 0 Å². The quantitative estimate of drug-likeness (QED) is 0.781. The highest BCUT2D eigenvalue weighted by atomic mass is 16.4. The van der Waals surface area contributed by atoms with Crippen LogP contribution in [0.15, 0.2) is 18.5 Å². The highest BCUT2D eigenvalue weighted by molar-refractivity contribution is 6.08. The molecule has 1 aromatic carbocycles. The van der Waals surface area contributed by atoms with Crippen molar-refractivity contribution in [2.24, 2.45) is 0 Å². The summed E-state index contributed by atoms with van der Waals surface area (Å²) in [6, 6.07) is 1.68. The Morgan fingerprint density at radius 1 is 1.29 bits per heavy atom. The van der Waals surface area contributed by atoms with E-state index < -0.39 is 18.4 Å². The van der Waals surface area contributed by atoms with Crippen LogP contribution in [-0.4, -0.2) is 38.6 Å². The normalized spacial score (nSPS) is 10.8. The summed E-state index contributed by atoms with van der Waals surface area (Å²) in [5, 5.41) is 21.2. The van der Waals surface area contributed by atoms with Crippen LogP contribution in [0.1, 0.15) is 35.7 Å². The summed E-state index contributed by atoms with van der Waals surface area (Å²) in [6.07, 6.45) is 2.90. The molecule has 0 aliphatic heterocycles. The van der Waals surface area contributed by atoms with E-state index >= 15 is 0 Å². The zero-order valence-corrected chi connectivity index (χ0v) is 11.6. The highest BCUT2D eigenvalue weighted by Gasteiger charge is 2.22. The van der Waals surface area contributed by atoms with Gasteiger partial charge in [0.2, 0.25) is 0 Å². The van der Waals surface area contributed by atoms with E-state index in [1.54, 1.807) is 6.07 Å². The van der Waals surface area contributed by atoms with Crippen molar-refractivity contribution in [1.82, 2.24) is 15.3 Å². The van der Waals surface area contributed by atoms with Crippen molar-refractivity contribution in [3.8, 4) is 5.75 Å². The molecule has 0 aliphatic rings. The lowest BCUT2D eigenvalue weighted by Gasteiger charge is -2.14. The molecule has 0 atom stereocenters. The molecule has 7 nitrogen and oxygen atoms in total. The number of hydrogen-bond acceptors (Lipinski definition) is 5. The van der Waals surface area contributed by atoms with Crippen molar-refractivity contribution < 1.29 is 19.8 Å². The summed E-state index contributed by atoms with van der Waals surface area (Å²) in [7, 11) is 0. The SMILES string of the molecule is CC(C)c1cc2nccnc2c(C(=O)NCC(=O)O)c1O. The van der Waals surface area contributed by atoms with Gasteiger partial charge in [-0.05, 0) is 17.5 Å². The van der Waals surface area contributed by atoms with E-state index in [-0.39, 0.29) is 22.7 Å². The number of amides is 1. The number of phenolic OH excluding ortho intramolecular Hbond substituents is 1. The Hall–Kier alpha value is -2.70. The molecule has 0 fully saturated rings. The molecule has 7 heteroatoms. The van der Waals surface area contributed by atoms with E-state index in [1.807, 2.05) is 13.8 Å². The van der Waals surface area contributed by atoms with E-state index in [0.717, 1.165) is 0 Å². The Kier molecular flexibility index (Phi) is 4.02. The van der Waals surface area contributed by atoms with Crippen molar-refractivity contribution in [3.63, 3.8) is 0 Å². The Balaban J connectivity index is 2.61. The minimum Gasteiger partial charge on any atom is -0.507 e. The first-order valence-electron chi connectivity index (χ1n) is 6.38. The molecule has 0 aliphatic carbocycles. The minimum absolute atomic E-state index is 0.0255. The first-order valence-corrected chi connectivity index (χ1v) is 6.38. The van der Waals surface area contributed by atoms with Crippen LogP contribution in [0, 0.1) is 0 Å². The topological polar surface area (TPSA) is 112 Å².